The molecule has 0 bridgehead atoms. The molecule has 31 heavy (non-hydrogen) atoms. The van der Waals surface area contributed by atoms with Crippen LogP contribution in [0.2, 0.25) is 0 Å². The molecule has 1 aliphatic heterocycles. The Kier molecular flexibility index (Phi) is 6.90. The second kappa shape index (κ2) is 9.99. The van der Waals surface area contributed by atoms with Crippen molar-refractivity contribution >= 4 is 11.8 Å². The summed E-state index contributed by atoms with van der Waals surface area (Å²) in [6, 6.07) is 14.9. The summed E-state index contributed by atoms with van der Waals surface area (Å²) in [6.07, 6.45) is 8.12. The first kappa shape index (κ1) is 21.4. The van der Waals surface area contributed by atoms with Gasteiger partial charge in [-0.2, -0.15) is 0 Å². The van der Waals surface area contributed by atoms with E-state index in [0.29, 0.717) is 18.7 Å². The molecule has 164 valence electrons. The van der Waals surface area contributed by atoms with Crippen LogP contribution in [0.3, 0.4) is 0 Å². The molecule has 0 radical (unpaired) electrons. The van der Waals surface area contributed by atoms with Gasteiger partial charge in [0, 0.05) is 18.2 Å². The van der Waals surface area contributed by atoms with E-state index in [4.69, 9.17) is 4.74 Å². The molecule has 2 aliphatic rings. The van der Waals surface area contributed by atoms with Crippen LogP contribution in [0.25, 0.3) is 0 Å². The highest BCUT2D eigenvalue weighted by Crippen LogP contribution is 2.35. The molecule has 1 atom stereocenters. The zero-order valence-corrected chi connectivity index (χ0v) is 18.3. The minimum atomic E-state index is -0.583. The number of carbonyl (C=O) groups is 2. The monoisotopic (exact) mass is 420 g/mol. The van der Waals surface area contributed by atoms with Gasteiger partial charge in [0.1, 0.15) is 11.8 Å². The van der Waals surface area contributed by atoms with E-state index in [1.807, 2.05) is 55.5 Å². The van der Waals surface area contributed by atoms with Gasteiger partial charge in [-0.25, -0.2) is 0 Å². The number of hydrogen-bond acceptors (Lipinski definition) is 3. The van der Waals surface area contributed by atoms with Crippen molar-refractivity contribution in [2.24, 2.45) is 0 Å². The summed E-state index contributed by atoms with van der Waals surface area (Å²) in [7, 11) is 0. The Morgan fingerprint density at radius 3 is 2.39 bits per heavy atom. The Bertz CT molecular complexity index is 901. The first-order chi connectivity index (χ1) is 15.2. The van der Waals surface area contributed by atoms with Crippen LogP contribution in [0, 0.1) is 0 Å². The topological polar surface area (TPSA) is 58.6 Å². The molecule has 4 rings (SSSR count). The first-order valence-electron chi connectivity index (χ1n) is 11.6. The molecule has 1 aliphatic carbocycles. The van der Waals surface area contributed by atoms with Gasteiger partial charge in [0.15, 0.2) is 0 Å². The standard InChI is InChI=1S/C26H32N2O3/c1-2-31-21-16-14-19(15-17-21)18-28-24(22-12-8-9-13-23(22)26(28)30)25(29)27-20-10-6-4-3-5-7-11-20/h8-9,12-17,20,24H,2-7,10-11,18H2,1H3,(H,27,29). The van der Waals surface area contributed by atoms with Crippen LogP contribution >= 0.6 is 0 Å². The predicted octanol–water partition coefficient (Wildman–Crippen LogP) is 5.01. The summed E-state index contributed by atoms with van der Waals surface area (Å²) in [5.41, 5.74) is 2.42. The van der Waals surface area contributed by atoms with Gasteiger partial charge in [-0.3, -0.25) is 9.59 Å². The number of ether oxygens (including phenoxy) is 1. The Morgan fingerprint density at radius 1 is 1.00 bits per heavy atom. The van der Waals surface area contributed by atoms with Gasteiger partial charge in [-0.1, -0.05) is 62.4 Å². The van der Waals surface area contributed by atoms with Crippen molar-refractivity contribution < 1.29 is 14.3 Å². The molecule has 0 saturated heterocycles. The minimum absolute atomic E-state index is 0.0604. The fourth-order valence-corrected chi connectivity index (χ4v) is 4.75. The number of benzene rings is 2. The van der Waals surface area contributed by atoms with Crippen LogP contribution in [-0.4, -0.2) is 29.4 Å². The van der Waals surface area contributed by atoms with Crippen molar-refractivity contribution in [1.29, 1.82) is 0 Å². The number of hydrogen-bond donors (Lipinski definition) is 1. The van der Waals surface area contributed by atoms with E-state index in [2.05, 4.69) is 5.32 Å². The van der Waals surface area contributed by atoms with Crippen LogP contribution in [0.4, 0.5) is 0 Å². The summed E-state index contributed by atoms with van der Waals surface area (Å²) in [4.78, 5) is 28.3. The number of rotatable bonds is 6. The van der Waals surface area contributed by atoms with E-state index in [1.165, 1.54) is 19.3 Å². The lowest BCUT2D eigenvalue weighted by atomic mass is 9.96. The first-order valence-corrected chi connectivity index (χ1v) is 11.6. The van der Waals surface area contributed by atoms with Gasteiger partial charge < -0.3 is 15.0 Å². The van der Waals surface area contributed by atoms with Crippen LogP contribution in [-0.2, 0) is 11.3 Å². The fourth-order valence-electron chi connectivity index (χ4n) is 4.75. The molecule has 2 aromatic rings. The average Bonchev–Trinajstić information content (AvgIpc) is 3.03. The number of nitrogens with one attached hydrogen (secondary N) is 1. The Hall–Kier alpha value is -2.82. The molecular weight excluding hydrogens is 388 g/mol. The lowest BCUT2D eigenvalue weighted by Gasteiger charge is -2.28. The second-order valence-electron chi connectivity index (χ2n) is 8.55. The second-order valence-corrected chi connectivity index (χ2v) is 8.55. The van der Waals surface area contributed by atoms with Gasteiger partial charge in [-0.05, 0) is 49.1 Å². The van der Waals surface area contributed by atoms with Crippen molar-refractivity contribution in [2.75, 3.05) is 6.61 Å². The number of nitrogens with zero attached hydrogens (tertiary/aromatic N) is 1. The van der Waals surface area contributed by atoms with Crippen LogP contribution in [0.15, 0.2) is 48.5 Å². The molecular formula is C26H32N2O3. The van der Waals surface area contributed by atoms with Gasteiger partial charge in [-0.15, -0.1) is 0 Å². The molecule has 0 aromatic heterocycles. The lowest BCUT2D eigenvalue weighted by molar-refractivity contribution is -0.126. The van der Waals surface area contributed by atoms with Gasteiger partial charge in [0.05, 0.1) is 6.61 Å². The average molecular weight is 421 g/mol. The normalized spacial score (nSPS) is 19.5. The van der Waals surface area contributed by atoms with Crippen molar-refractivity contribution in [3.8, 4) is 5.75 Å². The van der Waals surface area contributed by atoms with Crippen LogP contribution in [0.5, 0.6) is 5.75 Å². The van der Waals surface area contributed by atoms with Crippen LogP contribution in [0.1, 0.15) is 79.4 Å². The van der Waals surface area contributed by atoms with Crippen molar-refractivity contribution in [3.05, 3.63) is 65.2 Å². The lowest BCUT2D eigenvalue weighted by Crippen LogP contribution is -2.43. The Morgan fingerprint density at radius 2 is 1.68 bits per heavy atom. The van der Waals surface area contributed by atoms with Crippen molar-refractivity contribution in [2.45, 2.75) is 70.5 Å². The zero-order chi connectivity index (χ0) is 21.6. The third-order valence-electron chi connectivity index (χ3n) is 6.35. The van der Waals surface area contributed by atoms with E-state index < -0.39 is 6.04 Å². The molecule has 1 saturated carbocycles. The fraction of sp³-hybridized carbons (Fsp3) is 0.462. The Labute approximate surface area is 184 Å². The maximum Gasteiger partial charge on any atom is 0.255 e. The minimum Gasteiger partial charge on any atom is -0.494 e. The number of carbonyl (C=O) groups excluding carboxylic acids is 2. The number of amides is 2. The smallest absolute Gasteiger partial charge is 0.255 e. The van der Waals surface area contributed by atoms with E-state index in [-0.39, 0.29) is 17.9 Å². The summed E-state index contributed by atoms with van der Waals surface area (Å²) >= 11 is 0. The maximum atomic E-state index is 13.4. The molecule has 5 nitrogen and oxygen atoms in total. The summed E-state index contributed by atoms with van der Waals surface area (Å²) < 4.78 is 5.52. The molecule has 2 aromatic carbocycles. The summed E-state index contributed by atoms with van der Waals surface area (Å²) in [5.74, 6) is 0.665. The SMILES string of the molecule is CCOc1ccc(CN2C(=O)c3ccccc3C2C(=O)NC2CCCCCCC2)cc1. The third kappa shape index (κ3) is 4.92. The largest absolute Gasteiger partial charge is 0.494 e. The van der Waals surface area contributed by atoms with E-state index in [0.717, 1.165) is 42.6 Å². The quantitative estimate of drug-likeness (QED) is 0.714. The highest BCUT2D eigenvalue weighted by molar-refractivity contribution is 6.04. The molecule has 1 N–H and O–H groups in total. The molecule has 0 spiro atoms. The van der Waals surface area contributed by atoms with Crippen molar-refractivity contribution in [3.63, 3.8) is 0 Å². The van der Waals surface area contributed by atoms with Crippen LogP contribution < -0.4 is 10.1 Å². The molecule has 2 amide bonds. The van der Waals surface area contributed by atoms with Gasteiger partial charge in [0.25, 0.3) is 5.91 Å². The van der Waals surface area contributed by atoms with Gasteiger partial charge >= 0.3 is 0 Å². The molecule has 1 heterocycles. The van der Waals surface area contributed by atoms with E-state index in [9.17, 15) is 9.59 Å². The highest BCUT2D eigenvalue weighted by atomic mass is 16.5. The third-order valence-corrected chi connectivity index (χ3v) is 6.35. The predicted molar refractivity (Wildman–Crippen MR) is 121 cm³/mol. The summed E-state index contributed by atoms with van der Waals surface area (Å²) in [6.45, 7) is 2.96. The summed E-state index contributed by atoms with van der Waals surface area (Å²) in [5, 5.41) is 3.28. The molecule has 1 unspecified atom stereocenters. The molecule has 5 heteroatoms. The van der Waals surface area contributed by atoms with E-state index >= 15 is 0 Å². The maximum absolute atomic E-state index is 13.4. The highest BCUT2D eigenvalue weighted by Gasteiger charge is 2.41. The van der Waals surface area contributed by atoms with Crippen molar-refractivity contribution in [1.82, 2.24) is 10.2 Å². The van der Waals surface area contributed by atoms with E-state index in [1.54, 1.807) is 4.90 Å². The Balaban J connectivity index is 1.54. The zero-order valence-electron chi connectivity index (χ0n) is 18.3. The molecule has 1 fully saturated rings. The number of fused-ring (bicyclic) bond motifs is 1. The van der Waals surface area contributed by atoms with Gasteiger partial charge in [0.2, 0.25) is 5.91 Å².